The van der Waals surface area contributed by atoms with E-state index in [0.29, 0.717) is 17.9 Å². The number of ketones is 1. The van der Waals surface area contributed by atoms with E-state index >= 15 is 0 Å². The molecule has 100 valence electrons. The number of methoxy groups -OCH3 is 1. The molecule has 0 bridgehead atoms. The third-order valence-electron chi connectivity index (χ3n) is 2.71. The highest BCUT2D eigenvalue weighted by atomic mass is 16.5. The van der Waals surface area contributed by atoms with E-state index in [1.807, 2.05) is 39.8 Å². The SMILES string of the molecule is CCOC(C(=O)c1cccc(OC)c1)C(C)(C)C. The van der Waals surface area contributed by atoms with Gasteiger partial charge in [-0.25, -0.2) is 0 Å². The Morgan fingerprint density at radius 3 is 2.50 bits per heavy atom. The van der Waals surface area contributed by atoms with Crippen LogP contribution >= 0.6 is 0 Å². The van der Waals surface area contributed by atoms with E-state index in [9.17, 15) is 4.79 Å². The minimum absolute atomic E-state index is 0.00301. The molecule has 0 heterocycles. The number of Topliss-reactive ketones (excluding diaryl/α,β-unsaturated/α-hetero) is 1. The molecule has 1 unspecified atom stereocenters. The molecule has 1 rings (SSSR count). The average molecular weight is 250 g/mol. The lowest BCUT2D eigenvalue weighted by molar-refractivity contribution is -0.000234. The first kappa shape index (κ1) is 14.7. The van der Waals surface area contributed by atoms with Gasteiger partial charge in [-0.3, -0.25) is 4.79 Å². The third-order valence-corrected chi connectivity index (χ3v) is 2.71. The fourth-order valence-corrected chi connectivity index (χ4v) is 1.81. The Kier molecular flexibility index (Phi) is 4.91. The molecule has 0 spiro atoms. The van der Waals surface area contributed by atoms with Crippen LogP contribution in [-0.4, -0.2) is 25.6 Å². The largest absolute Gasteiger partial charge is 0.497 e. The number of hydrogen-bond acceptors (Lipinski definition) is 3. The number of carbonyl (C=O) groups is 1. The van der Waals surface area contributed by atoms with Crippen LogP contribution in [0.1, 0.15) is 38.1 Å². The summed E-state index contributed by atoms with van der Waals surface area (Å²) < 4.78 is 10.7. The summed E-state index contributed by atoms with van der Waals surface area (Å²) in [6.07, 6.45) is -0.436. The van der Waals surface area contributed by atoms with E-state index in [4.69, 9.17) is 9.47 Å². The van der Waals surface area contributed by atoms with E-state index in [1.165, 1.54) is 0 Å². The number of benzene rings is 1. The van der Waals surface area contributed by atoms with Crippen molar-refractivity contribution in [2.75, 3.05) is 13.7 Å². The molecule has 0 radical (unpaired) electrons. The van der Waals surface area contributed by atoms with Gasteiger partial charge in [0.15, 0.2) is 5.78 Å². The van der Waals surface area contributed by atoms with Crippen LogP contribution in [-0.2, 0) is 4.74 Å². The predicted molar refractivity (Wildman–Crippen MR) is 72.2 cm³/mol. The normalized spacial score (nSPS) is 13.2. The maximum absolute atomic E-state index is 12.5. The van der Waals surface area contributed by atoms with Gasteiger partial charge < -0.3 is 9.47 Å². The van der Waals surface area contributed by atoms with Crippen LogP contribution in [0.5, 0.6) is 5.75 Å². The molecule has 3 heteroatoms. The minimum Gasteiger partial charge on any atom is -0.497 e. The van der Waals surface area contributed by atoms with Crippen LogP contribution in [0.2, 0.25) is 0 Å². The molecule has 0 fully saturated rings. The molecule has 0 aromatic heterocycles. The smallest absolute Gasteiger partial charge is 0.192 e. The van der Waals surface area contributed by atoms with Crippen LogP contribution in [0.25, 0.3) is 0 Å². The fourth-order valence-electron chi connectivity index (χ4n) is 1.81. The summed E-state index contributed by atoms with van der Waals surface area (Å²) >= 11 is 0. The molecule has 18 heavy (non-hydrogen) atoms. The van der Waals surface area contributed by atoms with Crippen molar-refractivity contribution in [2.45, 2.75) is 33.8 Å². The van der Waals surface area contributed by atoms with Gasteiger partial charge >= 0.3 is 0 Å². The van der Waals surface area contributed by atoms with Crippen molar-refractivity contribution in [1.29, 1.82) is 0 Å². The van der Waals surface area contributed by atoms with Crippen molar-refractivity contribution in [3.05, 3.63) is 29.8 Å². The lowest BCUT2D eigenvalue weighted by atomic mass is 9.84. The number of hydrogen-bond donors (Lipinski definition) is 0. The lowest BCUT2D eigenvalue weighted by Gasteiger charge is -2.29. The zero-order valence-electron chi connectivity index (χ0n) is 11.8. The van der Waals surface area contributed by atoms with E-state index in [2.05, 4.69) is 0 Å². The Balaban J connectivity index is 3.02. The molecular weight excluding hydrogens is 228 g/mol. The predicted octanol–water partition coefficient (Wildman–Crippen LogP) is 3.33. The summed E-state index contributed by atoms with van der Waals surface area (Å²) in [5.41, 5.74) is 0.402. The molecular formula is C15H22O3. The quantitative estimate of drug-likeness (QED) is 0.752. The van der Waals surface area contributed by atoms with Crippen molar-refractivity contribution in [1.82, 2.24) is 0 Å². The van der Waals surface area contributed by atoms with Gasteiger partial charge in [-0.05, 0) is 24.5 Å². The van der Waals surface area contributed by atoms with Crippen LogP contribution in [0.15, 0.2) is 24.3 Å². The molecule has 1 aromatic rings. The lowest BCUT2D eigenvalue weighted by Crippen LogP contribution is -2.37. The second-order valence-electron chi connectivity index (χ2n) is 5.30. The molecule has 3 nitrogen and oxygen atoms in total. The van der Waals surface area contributed by atoms with Crippen molar-refractivity contribution < 1.29 is 14.3 Å². The molecule has 1 atom stereocenters. The number of rotatable bonds is 5. The van der Waals surface area contributed by atoms with Crippen molar-refractivity contribution in [2.24, 2.45) is 5.41 Å². The van der Waals surface area contributed by atoms with Crippen LogP contribution in [0.3, 0.4) is 0 Å². The second kappa shape index (κ2) is 6.01. The Hall–Kier alpha value is -1.35. The topological polar surface area (TPSA) is 35.5 Å². The van der Waals surface area contributed by atoms with Gasteiger partial charge in [0.1, 0.15) is 11.9 Å². The van der Waals surface area contributed by atoms with Gasteiger partial charge in [-0.2, -0.15) is 0 Å². The highest BCUT2D eigenvalue weighted by Crippen LogP contribution is 2.26. The van der Waals surface area contributed by atoms with Crippen LogP contribution in [0.4, 0.5) is 0 Å². The Bertz CT molecular complexity index is 404. The highest BCUT2D eigenvalue weighted by molar-refractivity contribution is 6.00. The Morgan fingerprint density at radius 1 is 1.33 bits per heavy atom. The highest BCUT2D eigenvalue weighted by Gasteiger charge is 2.32. The fraction of sp³-hybridized carbons (Fsp3) is 0.533. The Morgan fingerprint density at radius 2 is 2.00 bits per heavy atom. The summed E-state index contributed by atoms with van der Waals surface area (Å²) in [6, 6.07) is 7.18. The van der Waals surface area contributed by atoms with Gasteiger partial charge in [0.2, 0.25) is 0 Å². The summed E-state index contributed by atoms with van der Waals surface area (Å²) in [4.78, 5) is 12.5. The van der Waals surface area contributed by atoms with Gasteiger partial charge in [0.05, 0.1) is 7.11 Å². The van der Waals surface area contributed by atoms with E-state index < -0.39 is 6.10 Å². The van der Waals surface area contributed by atoms with Crippen molar-refractivity contribution >= 4 is 5.78 Å². The van der Waals surface area contributed by atoms with Gasteiger partial charge in [0.25, 0.3) is 0 Å². The van der Waals surface area contributed by atoms with E-state index in [0.717, 1.165) is 0 Å². The molecule has 0 saturated carbocycles. The molecule has 0 amide bonds. The zero-order chi connectivity index (χ0) is 13.8. The first-order valence-corrected chi connectivity index (χ1v) is 6.20. The summed E-state index contributed by atoms with van der Waals surface area (Å²) in [7, 11) is 1.59. The second-order valence-corrected chi connectivity index (χ2v) is 5.30. The van der Waals surface area contributed by atoms with Crippen LogP contribution in [0, 0.1) is 5.41 Å². The third kappa shape index (κ3) is 3.57. The van der Waals surface area contributed by atoms with E-state index in [1.54, 1.807) is 19.2 Å². The summed E-state index contributed by atoms with van der Waals surface area (Å²) in [6.45, 7) is 8.44. The number of ether oxygens (including phenoxy) is 2. The monoisotopic (exact) mass is 250 g/mol. The summed E-state index contributed by atoms with van der Waals surface area (Å²) in [5, 5.41) is 0. The molecule has 0 N–H and O–H groups in total. The first-order chi connectivity index (χ1) is 8.40. The Labute approximate surface area is 109 Å². The standard InChI is InChI=1S/C15H22O3/c1-6-18-14(15(2,3)4)13(16)11-8-7-9-12(10-11)17-5/h7-10,14H,6H2,1-5H3. The maximum atomic E-state index is 12.5. The van der Waals surface area contributed by atoms with Crippen LogP contribution < -0.4 is 4.74 Å². The number of carbonyl (C=O) groups excluding carboxylic acids is 1. The zero-order valence-corrected chi connectivity index (χ0v) is 11.8. The summed E-state index contributed by atoms with van der Waals surface area (Å²) in [5.74, 6) is 0.688. The van der Waals surface area contributed by atoms with Gasteiger partial charge in [0, 0.05) is 12.2 Å². The first-order valence-electron chi connectivity index (χ1n) is 6.20. The van der Waals surface area contributed by atoms with Crippen molar-refractivity contribution in [3.8, 4) is 5.75 Å². The van der Waals surface area contributed by atoms with E-state index in [-0.39, 0.29) is 11.2 Å². The minimum atomic E-state index is -0.436. The molecule has 1 aromatic carbocycles. The molecule has 0 aliphatic carbocycles. The van der Waals surface area contributed by atoms with Gasteiger partial charge in [-0.1, -0.05) is 32.9 Å². The van der Waals surface area contributed by atoms with Crippen molar-refractivity contribution in [3.63, 3.8) is 0 Å². The molecule has 0 aliphatic heterocycles. The maximum Gasteiger partial charge on any atom is 0.192 e. The average Bonchev–Trinajstić information content (AvgIpc) is 2.34. The molecule has 0 aliphatic rings. The van der Waals surface area contributed by atoms with Gasteiger partial charge in [-0.15, -0.1) is 0 Å². The molecule has 0 saturated heterocycles.